The normalized spacial score (nSPS) is 15.9. The quantitative estimate of drug-likeness (QED) is 0.761. The van der Waals surface area contributed by atoms with Crippen molar-refractivity contribution < 1.29 is 9.53 Å². The van der Waals surface area contributed by atoms with Gasteiger partial charge in [-0.3, -0.25) is 9.78 Å². The Morgan fingerprint density at radius 2 is 2.14 bits per heavy atom. The Hall–Kier alpha value is -1.55. The number of pyridine rings is 1. The maximum atomic E-state index is 11.4. The van der Waals surface area contributed by atoms with Gasteiger partial charge in [0.2, 0.25) is 0 Å². The zero-order chi connectivity index (χ0) is 14.7. The van der Waals surface area contributed by atoms with Gasteiger partial charge in [-0.05, 0) is 35.6 Å². The molecule has 0 bridgehead atoms. The number of hydrogen-bond acceptors (Lipinski definition) is 4. The van der Waals surface area contributed by atoms with Crippen LogP contribution in [-0.2, 0) is 15.3 Å². The van der Waals surface area contributed by atoms with E-state index >= 15 is 0 Å². The fourth-order valence-corrected chi connectivity index (χ4v) is 3.97. The van der Waals surface area contributed by atoms with Gasteiger partial charge in [0.05, 0.1) is 19.0 Å². The number of fused-ring (bicyclic) bond motifs is 1. The van der Waals surface area contributed by atoms with Crippen LogP contribution >= 0.6 is 11.8 Å². The lowest BCUT2D eigenvalue weighted by molar-refractivity contribution is -0.141. The van der Waals surface area contributed by atoms with Crippen LogP contribution in [0.15, 0.2) is 36.5 Å². The third-order valence-electron chi connectivity index (χ3n) is 4.09. The van der Waals surface area contributed by atoms with Crippen molar-refractivity contribution in [1.29, 1.82) is 0 Å². The molecule has 2 aromatic rings. The number of benzene rings is 1. The highest BCUT2D eigenvalue weighted by atomic mass is 32.2. The number of esters is 1. The van der Waals surface area contributed by atoms with Crippen molar-refractivity contribution in [3.8, 4) is 0 Å². The molecule has 0 spiro atoms. The Morgan fingerprint density at radius 1 is 1.33 bits per heavy atom. The van der Waals surface area contributed by atoms with Crippen molar-refractivity contribution in [2.75, 3.05) is 12.9 Å². The van der Waals surface area contributed by atoms with Gasteiger partial charge in [-0.25, -0.2) is 0 Å². The number of rotatable bonds is 6. The summed E-state index contributed by atoms with van der Waals surface area (Å²) < 4.78 is 4.79. The number of para-hydroxylation sites is 1. The second kappa shape index (κ2) is 6.06. The number of ether oxygens (including phenoxy) is 1. The second-order valence-corrected chi connectivity index (χ2v) is 6.72. The number of carbonyl (C=O) groups excluding carboxylic acids is 1. The van der Waals surface area contributed by atoms with Crippen LogP contribution in [0.1, 0.15) is 24.8 Å². The molecule has 21 heavy (non-hydrogen) atoms. The molecule has 110 valence electrons. The van der Waals surface area contributed by atoms with E-state index in [1.54, 1.807) is 0 Å². The van der Waals surface area contributed by atoms with E-state index in [1.165, 1.54) is 18.1 Å². The summed E-state index contributed by atoms with van der Waals surface area (Å²) in [5.41, 5.74) is 2.55. The molecule has 0 amide bonds. The largest absolute Gasteiger partial charge is 0.469 e. The van der Waals surface area contributed by atoms with Gasteiger partial charge < -0.3 is 4.74 Å². The summed E-state index contributed by atoms with van der Waals surface area (Å²) in [4.78, 5) is 15.9. The number of carbonyl (C=O) groups is 1. The lowest BCUT2D eigenvalue weighted by atomic mass is 10.1. The van der Waals surface area contributed by atoms with Gasteiger partial charge in [0, 0.05) is 17.3 Å². The highest BCUT2D eigenvalue weighted by molar-refractivity contribution is 7.98. The molecule has 3 rings (SSSR count). The van der Waals surface area contributed by atoms with Crippen molar-refractivity contribution in [2.45, 2.75) is 25.0 Å². The van der Waals surface area contributed by atoms with Crippen LogP contribution in [0.25, 0.3) is 10.9 Å². The minimum Gasteiger partial charge on any atom is -0.469 e. The lowest BCUT2D eigenvalue weighted by Gasteiger charge is -2.13. The van der Waals surface area contributed by atoms with E-state index in [2.05, 4.69) is 29.2 Å². The minimum atomic E-state index is -0.0834. The van der Waals surface area contributed by atoms with Crippen LogP contribution in [-0.4, -0.2) is 23.8 Å². The molecule has 0 radical (unpaired) electrons. The summed E-state index contributed by atoms with van der Waals surface area (Å²) >= 11 is 1.90. The maximum absolute atomic E-state index is 11.4. The average Bonchev–Trinajstić information content (AvgIpc) is 3.27. The van der Waals surface area contributed by atoms with Crippen LogP contribution < -0.4 is 0 Å². The molecule has 1 aromatic heterocycles. The molecule has 3 nitrogen and oxygen atoms in total. The number of nitrogens with zero attached hydrogens (tertiary/aromatic N) is 1. The van der Waals surface area contributed by atoms with E-state index < -0.39 is 0 Å². The molecular formula is C17H19NO2S. The first kappa shape index (κ1) is 14.4. The molecule has 0 unspecified atom stereocenters. The predicted octanol–water partition coefficient (Wildman–Crippen LogP) is 3.81. The Labute approximate surface area is 129 Å². The summed E-state index contributed by atoms with van der Waals surface area (Å²) in [6, 6.07) is 10.4. The van der Waals surface area contributed by atoms with Crippen LogP contribution in [0.4, 0.5) is 0 Å². The molecule has 0 saturated heterocycles. The number of methoxy groups -OCH3 is 1. The van der Waals surface area contributed by atoms with Crippen LogP contribution in [0.3, 0.4) is 0 Å². The molecule has 0 N–H and O–H groups in total. The van der Waals surface area contributed by atoms with Crippen molar-refractivity contribution >= 4 is 28.6 Å². The van der Waals surface area contributed by atoms with E-state index in [4.69, 9.17) is 4.74 Å². The van der Waals surface area contributed by atoms with Gasteiger partial charge in [-0.2, -0.15) is 11.8 Å². The SMILES string of the molecule is COC(=O)CC1(CSCc2cccc3cccnc23)CC1. The Balaban J connectivity index is 1.61. The molecule has 1 fully saturated rings. The molecule has 1 aliphatic rings. The first-order chi connectivity index (χ1) is 10.2. The zero-order valence-corrected chi connectivity index (χ0v) is 13.0. The zero-order valence-electron chi connectivity index (χ0n) is 12.2. The second-order valence-electron chi connectivity index (χ2n) is 5.74. The van der Waals surface area contributed by atoms with Gasteiger partial charge in [0.1, 0.15) is 0 Å². The monoisotopic (exact) mass is 301 g/mol. The first-order valence-corrected chi connectivity index (χ1v) is 8.35. The maximum Gasteiger partial charge on any atom is 0.306 e. The van der Waals surface area contributed by atoms with Crippen molar-refractivity contribution in [3.63, 3.8) is 0 Å². The fraction of sp³-hybridized carbons (Fsp3) is 0.412. The molecule has 4 heteroatoms. The standard InChI is InChI=1S/C17H19NO2S/c1-20-15(19)10-17(7-8-17)12-21-11-14-5-2-4-13-6-3-9-18-16(13)14/h2-6,9H,7-8,10-12H2,1H3. The van der Waals surface area contributed by atoms with Crippen LogP contribution in [0, 0.1) is 5.41 Å². The van der Waals surface area contributed by atoms with Crippen molar-refractivity contribution in [2.24, 2.45) is 5.41 Å². The van der Waals surface area contributed by atoms with Crippen molar-refractivity contribution in [3.05, 3.63) is 42.1 Å². The Morgan fingerprint density at radius 3 is 2.90 bits per heavy atom. The fourth-order valence-electron chi connectivity index (χ4n) is 2.59. The van der Waals surface area contributed by atoms with Gasteiger partial charge in [0.25, 0.3) is 0 Å². The van der Waals surface area contributed by atoms with Crippen LogP contribution in [0.2, 0.25) is 0 Å². The number of hydrogen-bond donors (Lipinski definition) is 0. The summed E-state index contributed by atoms with van der Waals surface area (Å²) in [5.74, 6) is 1.88. The summed E-state index contributed by atoms with van der Waals surface area (Å²) in [5, 5.41) is 1.19. The van der Waals surface area contributed by atoms with Crippen LogP contribution in [0.5, 0.6) is 0 Å². The van der Waals surface area contributed by atoms with Gasteiger partial charge >= 0.3 is 5.97 Å². The molecule has 1 heterocycles. The summed E-state index contributed by atoms with van der Waals surface area (Å²) in [6.07, 6.45) is 4.69. The van der Waals surface area contributed by atoms with Gasteiger partial charge in [-0.1, -0.05) is 24.3 Å². The summed E-state index contributed by atoms with van der Waals surface area (Å²) in [6.45, 7) is 0. The molecular weight excluding hydrogens is 282 g/mol. The highest BCUT2D eigenvalue weighted by Gasteiger charge is 2.44. The Bertz CT molecular complexity index is 647. The van der Waals surface area contributed by atoms with E-state index in [0.717, 1.165) is 29.9 Å². The van der Waals surface area contributed by atoms with Gasteiger partial charge in [0.15, 0.2) is 0 Å². The highest BCUT2D eigenvalue weighted by Crippen LogP contribution is 2.51. The number of aromatic nitrogens is 1. The number of thioether (sulfide) groups is 1. The third kappa shape index (κ3) is 3.38. The molecule has 1 aliphatic carbocycles. The van der Waals surface area contributed by atoms with E-state index in [-0.39, 0.29) is 11.4 Å². The third-order valence-corrected chi connectivity index (χ3v) is 5.42. The molecule has 0 atom stereocenters. The average molecular weight is 301 g/mol. The smallest absolute Gasteiger partial charge is 0.306 e. The van der Waals surface area contributed by atoms with E-state index in [9.17, 15) is 4.79 Å². The van der Waals surface area contributed by atoms with Gasteiger partial charge in [-0.15, -0.1) is 0 Å². The van der Waals surface area contributed by atoms with E-state index in [1.807, 2.05) is 24.0 Å². The molecule has 1 saturated carbocycles. The Kier molecular flexibility index (Phi) is 4.15. The molecule has 0 aliphatic heterocycles. The van der Waals surface area contributed by atoms with Crippen molar-refractivity contribution in [1.82, 2.24) is 4.98 Å². The predicted molar refractivity (Wildman–Crippen MR) is 86.2 cm³/mol. The lowest BCUT2D eigenvalue weighted by Crippen LogP contribution is -2.13. The molecule has 1 aromatic carbocycles. The minimum absolute atomic E-state index is 0.0834. The van der Waals surface area contributed by atoms with E-state index in [0.29, 0.717) is 6.42 Å². The topological polar surface area (TPSA) is 39.2 Å². The summed E-state index contributed by atoms with van der Waals surface area (Å²) in [7, 11) is 1.47. The first-order valence-electron chi connectivity index (χ1n) is 7.20.